The highest BCUT2D eigenvalue weighted by molar-refractivity contribution is 5.99. The molecular weight excluding hydrogens is 350 g/mol. The van der Waals surface area contributed by atoms with Crippen LogP contribution in [0.5, 0.6) is 0 Å². The Morgan fingerprint density at radius 3 is 2.67 bits per heavy atom. The number of hydrogen-bond donors (Lipinski definition) is 1. The molecule has 2 aliphatic rings. The molecule has 2 fully saturated rings. The Balaban J connectivity index is 1.62. The molecule has 2 aromatic rings. The number of carboxylic acid groups (broad SMARTS) is 1. The van der Waals surface area contributed by atoms with Crippen LogP contribution in [0.15, 0.2) is 34.9 Å². The van der Waals surface area contributed by atoms with Crippen molar-refractivity contribution in [1.29, 1.82) is 0 Å². The fraction of sp³-hybridized carbons (Fsp3) is 0.421. The number of aromatic carboxylic acids is 1. The lowest BCUT2D eigenvalue weighted by Gasteiger charge is -2.25. The maximum Gasteiger partial charge on any atom is 0.410 e. The number of aromatic nitrogens is 1. The lowest BCUT2D eigenvalue weighted by atomic mass is 9.95. The molecule has 27 heavy (non-hydrogen) atoms. The molecule has 0 bridgehead atoms. The first kappa shape index (κ1) is 17.4. The Morgan fingerprint density at radius 1 is 1.22 bits per heavy atom. The van der Waals surface area contributed by atoms with E-state index in [1.54, 1.807) is 24.1 Å². The number of carboxylic acids is 1. The summed E-state index contributed by atoms with van der Waals surface area (Å²) in [5.41, 5.74) is 0.236. The highest BCUT2D eigenvalue weighted by atomic mass is 16.6. The topological polar surface area (TPSA) is 96.1 Å². The van der Waals surface area contributed by atoms with Crippen molar-refractivity contribution in [2.45, 2.75) is 24.9 Å². The summed E-state index contributed by atoms with van der Waals surface area (Å²) in [4.78, 5) is 27.2. The minimum Gasteiger partial charge on any atom is -0.477 e. The molecule has 2 saturated heterocycles. The first-order chi connectivity index (χ1) is 13.0. The Hall–Kier alpha value is -3.03. The quantitative estimate of drug-likeness (QED) is 0.886. The lowest BCUT2D eigenvalue weighted by Crippen LogP contribution is -2.35. The summed E-state index contributed by atoms with van der Waals surface area (Å²) < 4.78 is 11.0. The van der Waals surface area contributed by atoms with Crippen LogP contribution in [-0.4, -0.2) is 59.5 Å². The third-order valence-electron chi connectivity index (χ3n) is 5.26. The number of likely N-dealkylation sites (N-methyl/N-ethyl adjacent to an activating group) is 1. The number of nitrogens with zero attached hydrogens (tertiary/aromatic N) is 3. The molecule has 8 heteroatoms. The third kappa shape index (κ3) is 3.11. The van der Waals surface area contributed by atoms with Crippen molar-refractivity contribution in [1.82, 2.24) is 10.1 Å². The van der Waals surface area contributed by atoms with E-state index >= 15 is 0 Å². The molecule has 0 saturated carbocycles. The van der Waals surface area contributed by atoms with Crippen LogP contribution in [-0.2, 0) is 4.74 Å². The normalized spacial score (nSPS) is 22.8. The molecule has 8 nitrogen and oxygen atoms in total. The van der Waals surface area contributed by atoms with Gasteiger partial charge in [-0.1, -0.05) is 35.5 Å². The van der Waals surface area contributed by atoms with Crippen molar-refractivity contribution in [3.63, 3.8) is 0 Å². The number of carbonyl (C=O) groups is 2. The summed E-state index contributed by atoms with van der Waals surface area (Å²) in [6, 6.07) is 9.09. The van der Waals surface area contributed by atoms with Gasteiger partial charge in [-0.3, -0.25) is 0 Å². The van der Waals surface area contributed by atoms with Crippen LogP contribution in [0.4, 0.5) is 10.6 Å². The van der Waals surface area contributed by atoms with Gasteiger partial charge in [0.15, 0.2) is 17.1 Å². The largest absolute Gasteiger partial charge is 0.477 e. The van der Waals surface area contributed by atoms with E-state index in [-0.39, 0.29) is 17.4 Å². The standard InChI is InChI=1S/C19H21N3O5/c1-21-12-19(26-18(21)25)8-5-10-22(11-9-19)16-14(17(23)24)15(27-20-16)13-6-3-2-4-7-13/h2-4,6-7H,5,8-12H2,1H3,(H,23,24). The van der Waals surface area contributed by atoms with Gasteiger partial charge in [0.1, 0.15) is 5.60 Å². The van der Waals surface area contributed by atoms with Crippen molar-refractivity contribution in [2.24, 2.45) is 0 Å². The summed E-state index contributed by atoms with van der Waals surface area (Å²) in [5.74, 6) is -0.490. The number of benzene rings is 1. The van der Waals surface area contributed by atoms with Crippen LogP contribution in [0, 0.1) is 0 Å². The monoisotopic (exact) mass is 371 g/mol. The number of hydrogen-bond acceptors (Lipinski definition) is 6. The summed E-state index contributed by atoms with van der Waals surface area (Å²) in [7, 11) is 1.73. The van der Waals surface area contributed by atoms with Crippen LogP contribution in [0.25, 0.3) is 11.3 Å². The van der Waals surface area contributed by atoms with Crippen LogP contribution in [0.3, 0.4) is 0 Å². The molecule has 1 spiro atoms. The molecule has 4 rings (SSSR count). The molecule has 0 radical (unpaired) electrons. The fourth-order valence-corrected chi connectivity index (χ4v) is 3.91. The second kappa shape index (κ2) is 6.61. The van der Waals surface area contributed by atoms with Crippen LogP contribution < -0.4 is 4.90 Å². The first-order valence-corrected chi connectivity index (χ1v) is 8.96. The fourth-order valence-electron chi connectivity index (χ4n) is 3.91. The molecule has 1 amide bonds. The molecule has 1 aromatic heterocycles. The van der Waals surface area contributed by atoms with Gasteiger partial charge in [0.05, 0.1) is 6.54 Å². The van der Waals surface area contributed by atoms with Gasteiger partial charge in [-0.15, -0.1) is 0 Å². The predicted octanol–water partition coefficient (Wildman–Crippen LogP) is 2.85. The van der Waals surface area contributed by atoms with Gasteiger partial charge in [-0.25, -0.2) is 9.59 Å². The van der Waals surface area contributed by atoms with E-state index in [0.717, 1.165) is 12.8 Å². The molecule has 1 atom stereocenters. The van der Waals surface area contributed by atoms with Crippen molar-refractivity contribution >= 4 is 17.9 Å². The number of carbonyl (C=O) groups excluding carboxylic acids is 1. The second-order valence-corrected chi connectivity index (χ2v) is 7.13. The van der Waals surface area contributed by atoms with Gasteiger partial charge in [-0.2, -0.15) is 0 Å². The second-order valence-electron chi connectivity index (χ2n) is 7.13. The zero-order valence-corrected chi connectivity index (χ0v) is 15.1. The third-order valence-corrected chi connectivity index (χ3v) is 5.26. The Morgan fingerprint density at radius 2 is 2.00 bits per heavy atom. The average molecular weight is 371 g/mol. The molecule has 2 aliphatic heterocycles. The van der Waals surface area contributed by atoms with E-state index in [4.69, 9.17) is 9.26 Å². The van der Waals surface area contributed by atoms with Gasteiger partial charge < -0.3 is 24.2 Å². The zero-order chi connectivity index (χ0) is 19.0. The predicted molar refractivity (Wildman–Crippen MR) is 96.8 cm³/mol. The minimum absolute atomic E-state index is 0.0673. The van der Waals surface area contributed by atoms with Crippen LogP contribution in [0.1, 0.15) is 29.6 Å². The number of anilines is 1. The highest BCUT2D eigenvalue weighted by Gasteiger charge is 2.45. The summed E-state index contributed by atoms with van der Waals surface area (Å²) in [5, 5.41) is 13.8. The van der Waals surface area contributed by atoms with Crippen LogP contribution >= 0.6 is 0 Å². The van der Waals surface area contributed by atoms with Gasteiger partial charge in [-0.05, 0) is 12.8 Å². The minimum atomic E-state index is -1.07. The molecule has 0 aliphatic carbocycles. The van der Waals surface area contributed by atoms with E-state index in [1.807, 2.05) is 23.1 Å². The Bertz CT molecular complexity index is 865. The van der Waals surface area contributed by atoms with E-state index in [9.17, 15) is 14.7 Å². The highest BCUT2D eigenvalue weighted by Crippen LogP contribution is 2.36. The smallest absolute Gasteiger partial charge is 0.410 e. The summed E-state index contributed by atoms with van der Waals surface area (Å²) >= 11 is 0. The molecule has 1 N–H and O–H groups in total. The van der Waals surface area contributed by atoms with Crippen LogP contribution in [0.2, 0.25) is 0 Å². The number of rotatable bonds is 3. The SMILES string of the molecule is CN1CC2(CCCN(c3noc(-c4ccccc4)c3C(=O)O)CC2)OC1=O. The van der Waals surface area contributed by atoms with Crippen molar-refractivity contribution < 1.29 is 24.0 Å². The Kier molecular flexibility index (Phi) is 4.25. The lowest BCUT2D eigenvalue weighted by molar-refractivity contribution is 0.0472. The number of ether oxygens (including phenoxy) is 1. The van der Waals surface area contributed by atoms with Gasteiger partial charge in [0.2, 0.25) is 0 Å². The molecule has 1 unspecified atom stereocenters. The summed E-state index contributed by atoms with van der Waals surface area (Å²) in [6.45, 7) is 1.73. The van der Waals surface area contributed by atoms with E-state index in [1.165, 1.54) is 0 Å². The Labute approximate surface area is 156 Å². The maximum atomic E-state index is 11.9. The first-order valence-electron chi connectivity index (χ1n) is 8.96. The van der Waals surface area contributed by atoms with Gasteiger partial charge in [0, 0.05) is 32.1 Å². The summed E-state index contributed by atoms with van der Waals surface area (Å²) in [6.07, 6.45) is 1.83. The van der Waals surface area contributed by atoms with E-state index in [0.29, 0.717) is 37.4 Å². The van der Waals surface area contributed by atoms with Gasteiger partial charge in [0.25, 0.3) is 0 Å². The van der Waals surface area contributed by atoms with Crippen molar-refractivity contribution in [3.05, 3.63) is 35.9 Å². The van der Waals surface area contributed by atoms with E-state index in [2.05, 4.69) is 5.16 Å². The molecular formula is C19H21N3O5. The molecule has 3 heterocycles. The molecule has 142 valence electrons. The van der Waals surface area contributed by atoms with Crippen molar-refractivity contribution in [2.75, 3.05) is 31.6 Å². The van der Waals surface area contributed by atoms with Crippen molar-refractivity contribution in [3.8, 4) is 11.3 Å². The maximum absolute atomic E-state index is 11.9. The van der Waals surface area contributed by atoms with E-state index < -0.39 is 11.6 Å². The van der Waals surface area contributed by atoms with Gasteiger partial charge >= 0.3 is 12.1 Å². The molecule has 1 aromatic carbocycles. The number of amides is 1. The average Bonchev–Trinajstić information content (AvgIpc) is 3.14. The zero-order valence-electron chi connectivity index (χ0n) is 15.1.